The van der Waals surface area contributed by atoms with Crippen molar-refractivity contribution in [3.8, 4) is 11.5 Å². The van der Waals surface area contributed by atoms with Gasteiger partial charge in [-0.05, 0) is 30.3 Å². The molecule has 0 saturated carbocycles. The summed E-state index contributed by atoms with van der Waals surface area (Å²) < 4.78 is 5.21. The minimum Gasteiger partial charge on any atom is -0.508 e. The predicted molar refractivity (Wildman–Crippen MR) is 92.5 cm³/mol. The molecule has 0 aliphatic carbocycles. The molecule has 0 saturated heterocycles. The van der Waals surface area contributed by atoms with E-state index in [9.17, 15) is 20.0 Å². The van der Waals surface area contributed by atoms with E-state index < -0.39 is 10.8 Å². The zero-order chi connectivity index (χ0) is 18.4. The van der Waals surface area contributed by atoms with Crippen molar-refractivity contribution in [3.05, 3.63) is 62.1 Å². The number of nitro groups is 1. The van der Waals surface area contributed by atoms with Crippen LogP contribution in [0.2, 0.25) is 10.0 Å². The number of carbonyl (C=O) groups is 1. The van der Waals surface area contributed by atoms with Gasteiger partial charge in [0.25, 0.3) is 11.6 Å². The maximum atomic E-state index is 11.7. The van der Waals surface area contributed by atoms with Crippen molar-refractivity contribution < 1.29 is 19.6 Å². The molecule has 130 valence electrons. The Bertz CT molecular complexity index is 842. The van der Waals surface area contributed by atoms with E-state index in [1.807, 2.05) is 0 Å². The second-order valence-electron chi connectivity index (χ2n) is 4.66. The fourth-order valence-corrected chi connectivity index (χ4v) is 2.22. The predicted octanol–water partition coefficient (Wildman–Crippen LogP) is 3.14. The third-order valence-electron chi connectivity index (χ3n) is 2.85. The Balaban J connectivity index is 1.95. The zero-order valence-electron chi connectivity index (χ0n) is 12.5. The molecule has 0 aliphatic rings. The van der Waals surface area contributed by atoms with Crippen molar-refractivity contribution in [2.24, 2.45) is 5.10 Å². The first-order valence-electron chi connectivity index (χ1n) is 6.74. The van der Waals surface area contributed by atoms with Crippen LogP contribution in [0.15, 0.2) is 41.5 Å². The molecule has 2 aromatic rings. The number of nitro benzene ring substituents is 1. The summed E-state index contributed by atoms with van der Waals surface area (Å²) in [4.78, 5) is 21.9. The number of ether oxygens (including phenoxy) is 1. The Morgan fingerprint density at radius 2 is 2.08 bits per heavy atom. The van der Waals surface area contributed by atoms with Gasteiger partial charge in [0.2, 0.25) is 0 Å². The molecule has 0 radical (unpaired) electrons. The van der Waals surface area contributed by atoms with E-state index in [1.165, 1.54) is 18.2 Å². The summed E-state index contributed by atoms with van der Waals surface area (Å²) in [5.74, 6) is -0.502. The number of phenols is 1. The molecule has 1 amide bonds. The monoisotopic (exact) mass is 383 g/mol. The van der Waals surface area contributed by atoms with Crippen LogP contribution >= 0.6 is 23.2 Å². The Morgan fingerprint density at radius 1 is 1.32 bits per heavy atom. The summed E-state index contributed by atoms with van der Waals surface area (Å²) >= 11 is 11.6. The van der Waals surface area contributed by atoms with E-state index in [4.69, 9.17) is 27.9 Å². The number of amides is 1. The summed E-state index contributed by atoms with van der Waals surface area (Å²) in [6, 6.07) is 7.99. The van der Waals surface area contributed by atoms with Gasteiger partial charge in [-0.3, -0.25) is 14.9 Å². The Hall–Kier alpha value is -2.84. The van der Waals surface area contributed by atoms with Crippen LogP contribution in [0.3, 0.4) is 0 Å². The highest BCUT2D eigenvalue weighted by molar-refractivity contribution is 6.35. The van der Waals surface area contributed by atoms with Gasteiger partial charge in [-0.25, -0.2) is 5.43 Å². The Kier molecular flexibility index (Phi) is 6.15. The average molecular weight is 384 g/mol. The molecule has 0 unspecified atom stereocenters. The number of hydrogen-bond donors (Lipinski definition) is 2. The molecule has 2 rings (SSSR count). The molecule has 0 aromatic heterocycles. The summed E-state index contributed by atoms with van der Waals surface area (Å²) in [5, 5.41) is 24.5. The van der Waals surface area contributed by atoms with E-state index in [0.29, 0.717) is 5.02 Å². The van der Waals surface area contributed by atoms with Crippen LogP contribution in [0.1, 0.15) is 5.56 Å². The van der Waals surface area contributed by atoms with E-state index in [0.717, 1.165) is 18.3 Å². The van der Waals surface area contributed by atoms with Gasteiger partial charge in [-0.15, -0.1) is 0 Å². The molecule has 0 atom stereocenters. The van der Waals surface area contributed by atoms with Crippen LogP contribution in [0, 0.1) is 10.1 Å². The summed E-state index contributed by atoms with van der Waals surface area (Å²) in [5.41, 5.74) is 1.92. The smallest absolute Gasteiger partial charge is 0.278 e. The third kappa shape index (κ3) is 5.33. The number of benzene rings is 2. The maximum Gasteiger partial charge on any atom is 0.278 e. The number of hydrogen-bond acceptors (Lipinski definition) is 6. The SMILES string of the molecule is O=C(COc1ccc(Cl)cc1Cl)N/N=C\c1cc(O)ccc1[N+](=O)[O-]. The van der Waals surface area contributed by atoms with Crippen LogP contribution in [0.25, 0.3) is 0 Å². The first-order valence-corrected chi connectivity index (χ1v) is 7.49. The summed E-state index contributed by atoms with van der Waals surface area (Å²) in [6.45, 7) is -0.374. The van der Waals surface area contributed by atoms with Crippen LogP contribution in [-0.4, -0.2) is 28.8 Å². The van der Waals surface area contributed by atoms with Gasteiger partial charge < -0.3 is 9.84 Å². The first-order chi connectivity index (χ1) is 11.9. The number of phenolic OH excluding ortho intramolecular Hbond substituents is 1. The number of aromatic hydroxyl groups is 1. The van der Waals surface area contributed by atoms with E-state index in [1.54, 1.807) is 6.07 Å². The second-order valence-corrected chi connectivity index (χ2v) is 5.50. The quantitative estimate of drug-likeness (QED) is 0.451. The number of rotatable bonds is 6. The van der Waals surface area contributed by atoms with E-state index in [-0.39, 0.29) is 34.4 Å². The number of nitrogens with zero attached hydrogens (tertiary/aromatic N) is 2. The lowest BCUT2D eigenvalue weighted by atomic mass is 10.2. The Labute approximate surface area is 151 Å². The van der Waals surface area contributed by atoms with Gasteiger partial charge in [-0.1, -0.05) is 23.2 Å². The van der Waals surface area contributed by atoms with Crippen molar-refractivity contribution in [1.29, 1.82) is 0 Å². The second kappa shape index (κ2) is 8.32. The largest absolute Gasteiger partial charge is 0.508 e. The lowest BCUT2D eigenvalue weighted by Gasteiger charge is -2.07. The van der Waals surface area contributed by atoms with Gasteiger partial charge in [0.15, 0.2) is 6.61 Å². The number of halogens is 2. The van der Waals surface area contributed by atoms with Gasteiger partial charge >= 0.3 is 0 Å². The molecule has 0 bridgehead atoms. The van der Waals surface area contributed by atoms with E-state index >= 15 is 0 Å². The highest BCUT2D eigenvalue weighted by Crippen LogP contribution is 2.27. The number of hydrazone groups is 1. The maximum absolute atomic E-state index is 11.7. The minimum atomic E-state index is -0.631. The Morgan fingerprint density at radius 3 is 2.76 bits per heavy atom. The molecule has 0 aliphatic heterocycles. The van der Waals surface area contributed by atoms with Crippen LogP contribution in [-0.2, 0) is 4.79 Å². The molecule has 0 heterocycles. The molecule has 10 heteroatoms. The lowest BCUT2D eigenvalue weighted by molar-refractivity contribution is -0.385. The van der Waals surface area contributed by atoms with Crippen molar-refractivity contribution in [2.75, 3.05) is 6.61 Å². The highest BCUT2D eigenvalue weighted by atomic mass is 35.5. The lowest BCUT2D eigenvalue weighted by Crippen LogP contribution is -2.24. The van der Waals surface area contributed by atoms with Gasteiger partial charge in [0, 0.05) is 11.1 Å². The fraction of sp³-hybridized carbons (Fsp3) is 0.0667. The van der Waals surface area contributed by atoms with Crippen molar-refractivity contribution in [3.63, 3.8) is 0 Å². The molecule has 0 spiro atoms. The molecular formula is C15H11Cl2N3O5. The molecule has 2 aromatic carbocycles. The van der Waals surface area contributed by atoms with Crippen molar-refractivity contribution >= 4 is 41.0 Å². The molecule has 0 fully saturated rings. The minimum absolute atomic E-state index is 0.0342. The fourth-order valence-electron chi connectivity index (χ4n) is 1.75. The first kappa shape index (κ1) is 18.5. The normalized spacial score (nSPS) is 10.6. The summed E-state index contributed by atoms with van der Waals surface area (Å²) in [6.07, 6.45) is 1.05. The molecule has 8 nitrogen and oxygen atoms in total. The molecular weight excluding hydrogens is 373 g/mol. The summed E-state index contributed by atoms with van der Waals surface area (Å²) in [7, 11) is 0. The number of nitrogens with one attached hydrogen (secondary N) is 1. The third-order valence-corrected chi connectivity index (χ3v) is 3.38. The van der Waals surface area contributed by atoms with Gasteiger partial charge in [0.1, 0.15) is 11.5 Å². The van der Waals surface area contributed by atoms with Crippen molar-refractivity contribution in [2.45, 2.75) is 0 Å². The zero-order valence-corrected chi connectivity index (χ0v) is 14.0. The highest BCUT2D eigenvalue weighted by Gasteiger charge is 2.12. The van der Waals surface area contributed by atoms with Crippen LogP contribution in [0.4, 0.5) is 5.69 Å². The van der Waals surface area contributed by atoms with Crippen LogP contribution in [0.5, 0.6) is 11.5 Å². The van der Waals surface area contributed by atoms with Crippen molar-refractivity contribution in [1.82, 2.24) is 5.43 Å². The van der Waals surface area contributed by atoms with E-state index in [2.05, 4.69) is 10.5 Å². The average Bonchev–Trinajstić information content (AvgIpc) is 2.54. The molecule has 25 heavy (non-hydrogen) atoms. The van der Waals surface area contributed by atoms with Crippen LogP contribution < -0.4 is 10.2 Å². The standard InChI is InChI=1S/C15H11Cl2N3O5/c16-10-1-4-14(12(17)6-10)25-8-15(22)19-18-7-9-5-11(21)2-3-13(9)20(23)24/h1-7,21H,8H2,(H,19,22)/b18-7-. The van der Waals surface area contributed by atoms with Gasteiger partial charge in [0.05, 0.1) is 21.7 Å². The number of carbonyl (C=O) groups excluding carboxylic acids is 1. The van der Waals surface area contributed by atoms with Gasteiger partial charge in [-0.2, -0.15) is 5.10 Å². The molecule has 2 N–H and O–H groups in total. The topological polar surface area (TPSA) is 114 Å².